The van der Waals surface area contributed by atoms with Crippen LogP contribution in [0.2, 0.25) is 0 Å². The average Bonchev–Trinajstić information content (AvgIpc) is 2.64. The first-order valence-corrected chi connectivity index (χ1v) is 5.67. The third-order valence-corrected chi connectivity index (χ3v) is 3.00. The standard InChI is InChI=1S/C12H15NO4/c1-9-4-5-10(13(15)16)11(8-9)17-12(14)6-2-3-7-12/h4-5,8,14H,2-3,6-7H2,1H3. The van der Waals surface area contributed by atoms with Gasteiger partial charge >= 0.3 is 5.69 Å². The fraction of sp³-hybridized carbons (Fsp3) is 0.500. The van der Waals surface area contributed by atoms with E-state index in [1.54, 1.807) is 12.1 Å². The minimum absolute atomic E-state index is 0.101. The van der Waals surface area contributed by atoms with Gasteiger partial charge in [-0.25, -0.2) is 0 Å². The molecule has 1 aromatic carbocycles. The Morgan fingerprint density at radius 1 is 1.41 bits per heavy atom. The molecule has 0 bridgehead atoms. The van der Waals surface area contributed by atoms with Crippen molar-refractivity contribution in [2.45, 2.75) is 38.4 Å². The largest absolute Gasteiger partial charge is 0.455 e. The maximum absolute atomic E-state index is 10.9. The molecule has 92 valence electrons. The first-order chi connectivity index (χ1) is 8.00. The van der Waals surface area contributed by atoms with Gasteiger partial charge in [0.15, 0.2) is 0 Å². The second kappa shape index (κ2) is 4.33. The van der Waals surface area contributed by atoms with Crippen LogP contribution in [0.4, 0.5) is 5.69 Å². The van der Waals surface area contributed by atoms with Crippen LogP contribution < -0.4 is 4.74 Å². The third-order valence-electron chi connectivity index (χ3n) is 3.00. The van der Waals surface area contributed by atoms with Crippen molar-refractivity contribution in [3.63, 3.8) is 0 Å². The molecule has 1 aliphatic rings. The van der Waals surface area contributed by atoms with Crippen LogP contribution in [-0.4, -0.2) is 15.8 Å². The summed E-state index contributed by atoms with van der Waals surface area (Å²) in [5, 5.41) is 21.0. The topological polar surface area (TPSA) is 72.6 Å². The second-order valence-electron chi connectivity index (χ2n) is 4.48. The lowest BCUT2D eigenvalue weighted by Gasteiger charge is -2.23. The van der Waals surface area contributed by atoms with Crippen LogP contribution in [0, 0.1) is 17.0 Å². The average molecular weight is 237 g/mol. The van der Waals surface area contributed by atoms with Gasteiger partial charge in [0, 0.05) is 18.9 Å². The first kappa shape index (κ1) is 11.9. The van der Waals surface area contributed by atoms with Crippen molar-refractivity contribution >= 4 is 5.69 Å². The molecule has 0 aliphatic heterocycles. The molecule has 5 nitrogen and oxygen atoms in total. The Kier molecular flexibility index (Phi) is 3.02. The fourth-order valence-corrected chi connectivity index (χ4v) is 2.09. The van der Waals surface area contributed by atoms with E-state index in [0.717, 1.165) is 18.4 Å². The van der Waals surface area contributed by atoms with Crippen LogP contribution in [0.1, 0.15) is 31.2 Å². The van der Waals surface area contributed by atoms with Gasteiger partial charge in [0.05, 0.1) is 4.92 Å². The molecule has 1 fully saturated rings. The maximum Gasteiger partial charge on any atom is 0.311 e. The Morgan fingerprint density at radius 2 is 2.06 bits per heavy atom. The molecule has 0 saturated heterocycles. The number of hydrogen-bond donors (Lipinski definition) is 1. The fourth-order valence-electron chi connectivity index (χ4n) is 2.09. The summed E-state index contributed by atoms with van der Waals surface area (Å²) in [6.07, 6.45) is 2.82. The van der Waals surface area contributed by atoms with Crippen molar-refractivity contribution in [2.75, 3.05) is 0 Å². The van der Waals surface area contributed by atoms with Gasteiger partial charge in [-0.15, -0.1) is 0 Å². The van der Waals surface area contributed by atoms with Gasteiger partial charge in [-0.3, -0.25) is 10.1 Å². The first-order valence-electron chi connectivity index (χ1n) is 5.67. The number of ether oxygens (including phenoxy) is 1. The molecule has 0 aromatic heterocycles. The van der Waals surface area contributed by atoms with Crippen LogP contribution in [0.25, 0.3) is 0 Å². The quantitative estimate of drug-likeness (QED) is 0.498. The summed E-state index contributed by atoms with van der Waals surface area (Å²) < 4.78 is 5.45. The van der Waals surface area contributed by atoms with Crippen molar-refractivity contribution < 1.29 is 14.8 Å². The number of benzene rings is 1. The molecule has 1 aliphatic carbocycles. The molecule has 0 heterocycles. The number of rotatable bonds is 3. The van der Waals surface area contributed by atoms with Gasteiger partial charge in [0.25, 0.3) is 0 Å². The number of nitrogens with zero attached hydrogens (tertiary/aromatic N) is 1. The number of nitro benzene ring substituents is 1. The van der Waals surface area contributed by atoms with Crippen LogP contribution >= 0.6 is 0 Å². The van der Waals surface area contributed by atoms with E-state index >= 15 is 0 Å². The number of aliphatic hydroxyl groups is 1. The lowest BCUT2D eigenvalue weighted by atomic mass is 10.2. The normalized spacial score (nSPS) is 18.0. The molecule has 5 heteroatoms. The Balaban J connectivity index is 2.30. The number of hydrogen-bond acceptors (Lipinski definition) is 4. The van der Waals surface area contributed by atoms with Crippen LogP contribution in [0.5, 0.6) is 5.75 Å². The summed E-state index contributed by atoms with van der Waals surface area (Å²) in [6.45, 7) is 1.83. The zero-order valence-corrected chi connectivity index (χ0v) is 9.68. The highest BCUT2D eigenvalue weighted by atomic mass is 16.6. The molecule has 0 atom stereocenters. The highest BCUT2D eigenvalue weighted by Crippen LogP contribution is 2.36. The molecular weight excluding hydrogens is 222 g/mol. The smallest absolute Gasteiger partial charge is 0.311 e. The second-order valence-corrected chi connectivity index (χ2v) is 4.48. The molecular formula is C12H15NO4. The van der Waals surface area contributed by atoms with E-state index < -0.39 is 10.7 Å². The molecule has 2 rings (SSSR count). The molecule has 1 aromatic rings. The van der Waals surface area contributed by atoms with Crippen molar-refractivity contribution in [2.24, 2.45) is 0 Å². The third kappa shape index (κ3) is 2.55. The lowest BCUT2D eigenvalue weighted by molar-refractivity contribution is -0.386. The monoisotopic (exact) mass is 237 g/mol. The van der Waals surface area contributed by atoms with E-state index in [9.17, 15) is 15.2 Å². The summed E-state index contributed by atoms with van der Waals surface area (Å²) in [6, 6.07) is 4.65. The molecule has 1 saturated carbocycles. The zero-order valence-electron chi connectivity index (χ0n) is 9.68. The molecule has 17 heavy (non-hydrogen) atoms. The van der Waals surface area contributed by atoms with Crippen molar-refractivity contribution in [1.29, 1.82) is 0 Å². The molecule has 0 radical (unpaired) electrons. The minimum atomic E-state index is -1.24. The molecule has 0 spiro atoms. The van der Waals surface area contributed by atoms with E-state index in [2.05, 4.69) is 0 Å². The van der Waals surface area contributed by atoms with Gasteiger partial charge in [0.2, 0.25) is 11.5 Å². The Morgan fingerprint density at radius 3 is 2.65 bits per heavy atom. The Labute approximate surface area is 99.2 Å². The van der Waals surface area contributed by atoms with E-state index in [0.29, 0.717) is 12.8 Å². The van der Waals surface area contributed by atoms with E-state index in [1.165, 1.54) is 6.07 Å². The van der Waals surface area contributed by atoms with Gasteiger partial charge in [-0.2, -0.15) is 0 Å². The Hall–Kier alpha value is -1.62. The summed E-state index contributed by atoms with van der Waals surface area (Å²) in [5.74, 6) is -1.09. The number of aryl methyl sites for hydroxylation is 1. The van der Waals surface area contributed by atoms with Crippen LogP contribution in [-0.2, 0) is 0 Å². The van der Waals surface area contributed by atoms with Gasteiger partial charge < -0.3 is 9.84 Å². The predicted molar refractivity (Wildman–Crippen MR) is 61.9 cm³/mol. The minimum Gasteiger partial charge on any atom is -0.455 e. The molecule has 0 unspecified atom stereocenters. The zero-order chi connectivity index (χ0) is 12.5. The summed E-state index contributed by atoms with van der Waals surface area (Å²) in [7, 11) is 0. The van der Waals surface area contributed by atoms with Gasteiger partial charge in [-0.05, 0) is 31.4 Å². The Bertz CT molecular complexity index is 438. The van der Waals surface area contributed by atoms with Crippen molar-refractivity contribution in [1.82, 2.24) is 0 Å². The molecule has 1 N–H and O–H groups in total. The number of nitro groups is 1. The van der Waals surface area contributed by atoms with Crippen LogP contribution in [0.15, 0.2) is 18.2 Å². The SMILES string of the molecule is Cc1ccc([N+](=O)[O-])c(OC2(O)CCCC2)c1. The van der Waals surface area contributed by atoms with Crippen LogP contribution in [0.3, 0.4) is 0 Å². The van der Waals surface area contributed by atoms with Crippen molar-refractivity contribution in [3.8, 4) is 5.75 Å². The lowest BCUT2D eigenvalue weighted by Crippen LogP contribution is -2.32. The maximum atomic E-state index is 10.9. The van der Waals surface area contributed by atoms with Gasteiger partial charge in [0.1, 0.15) is 0 Å². The summed E-state index contributed by atoms with van der Waals surface area (Å²) in [4.78, 5) is 10.4. The highest BCUT2D eigenvalue weighted by molar-refractivity contribution is 5.48. The predicted octanol–water partition coefficient (Wildman–Crippen LogP) is 2.54. The van der Waals surface area contributed by atoms with Gasteiger partial charge in [-0.1, -0.05) is 6.07 Å². The van der Waals surface area contributed by atoms with E-state index in [-0.39, 0.29) is 11.4 Å². The van der Waals surface area contributed by atoms with Crippen molar-refractivity contribution in [3.05, 3.63) is 33.9 Å². The van der Waals surface area contributed by atoms with E-state index in [4.69, 9.17) is 4.74 Å². The van der Waals surface area contributed by atoms with E-state index in [1.807, 2.05) is 6.92 Å². The highest BCUT2D eigenvalue weighted by Gasteiger charge is 2.35. The summed E-state index contributed by atoms with van der Waals surface area (Å²) in [5.41, 5.74) is 0.767. The summed E-state index contributed by atoms with van der Waals surface area (Å²) >= 11 is 0. The molecule has 0 amide bonds.